The van der Waals surface area contributed by atoms with Crippen LogP contribution in [0.15, 0.2) is 0 Å². The van der Waals surface area contributed by atoms with Crippen LogP contribution in [0.2, 0.25) is 0 Å². The van der Waals surface area contributed by atoms with Crippen LogP contribution in [0.4, 0.5) is 0 Å². The fourth-order valence-corrected chi connectivity index (χ4v) is 3.58. The fraction of sp³-hybridized carbons (Fsp3) is 1.00. The standard InChI is InChI=1S/C23H49N.C2H6/c1-3-5-7-9-10-11-12-13-14-15-16-17-18-20-22-23(24)21-19-8-6-4-2;1-2/h23H,3-22,24H2,1-2H3;1-2H3. The SMILES string of the molecule is CC.CCCCCCCCCCCCCCCCC(N)CCCCCC. The van der Waals surface area contributed by atoms with E-state index in [1.54, 1.807) is 0 Å². The lowest BCUT2D eigenvalue weighted by Crippen LogP contribution is -2.19. The summed E-state index contributed by atoms with van der Waals surface area (Å²) in [6.07, 6.45) is 28.1. The van der Waals surface area contributed by atoms with Gasteiger partial charge in [-0.2, -0.15) is 0 Å². The average Bonchev–Trinajstić information content (AvgIpc) is 2.67. The highest BCUT2D eigenvalue weighted by Gasteiger charge is 2.02. The Hall–Kier alpha value is -0.0400. The Morgan fingerprint density at radius 2 is 0.654 bits per heavy atom. The summed E-state index contributed by atoms with van der Waals surface area (Å²) in [5.74, 6) is 0. The van der Waals surface area contributed by atoms with E-state index in [4.69, 9.17) is 5.73 Å². The highest BCUT2D eigenvalue weighted by atomic mass is 14.6. The summed E-state index contributed by atoms with van der Waals surface area (Å²) in [5, 5.41) is 0. The second-order valence-corrected chi connectivity index (χ2v) is 7.99. The molecule has 0 aliphatic rings. The molecule has 0 saturated carbocycles. The zero-order chi connectivity index (χ0) is 19.7. The van der Waals surface area contributed by atoms with Gasteiger partial charge in [-0.1, -0.05) is 143 Å². The van der Waals surface area contributed by atoms with Crippen LogP contribution in [0, 0.1) is 0 Å². The first-order valence-corrected chi connectivity index (χ1v) is 12.6. The molecule has 0 aliphatic carbocycles. The van der Waals surface area contributed by atoms with Crippen molar-refractivity contribution in [3.63, 3.8) is 0 Å². The molecule has 0 rings (SSSR count). The molecule has 1 heteroatoms. The van der Waals surface area contributed by atoms with Crippen LogP contribution in [-0.2, 0) is 0 Å². The van der Waals surface area contributed by atoms with Crippen LogP contribution < -0.4 is 5.73 Å². The highest BCUT2D eigenvalue weighted by Crippen LogP contribution is 2.14. The number of nitrogens with two attached hydrogens (primary N) is 1. The Morgan fingerprint density at radius 1 is 0.423 bits per heavy atom. The van der Waals surface area contributed by atoms with Gasteiger partial charge in [-0.3, -0.25) is 0 Å². The smallest absolute Gasteiger partial charge is 0.00388 e. The maximum Gasteiger partial charge on any atom is 0.00388 e. The summed E-state index contributed by atoms with van der Waals surface area (Å²) in [5.41, 5.74) is 6.20. The molecule has 160 valence electrons. The van der Waals surface area contributed by atoms with E-state index in [2.05, 4.69) is 13.8 Å². The highest BCUT2D eigenvalue weighted by molar-refractivity contribution is 4.61. The van der Waals surface area contributed by atoms with Gasteiger partial charge in [-0.25, -0.2) is 0 Å². The van der Waals surface area contributed by atoms with Gasteiger partial charge in [-0.15, -0.1) is 0 Å². The molecular weight excluding hydrogens is 314 g/mol. The molecule has 0 heterocycles. The molecule has 1 atom stereocenters. The van der Waals surface area contributed by atoms with Crippen LogP contribution in [0.25, 0.3) is 0 Å². The Morgan fingerprint density at radius 3 is 0.962 bits per heavy atom. The third kappa shape index (κ3) is 26.2. The Labute approximate surface area is 168 Å². The van der Waals surface area contributed by atoms with Crippen LogP contribution in [0.5, 0.6) is 0 Å². The second-order valence-electron chi connectivity index (χ2n) is 7.99. The molecule has 0 fully saturated rings. The molecule has 0 aliphatic heterocycles. The topological polar surface area (TPSA) is 26.0 Å². The van der Waals surface area contributed by atoms with E-state index >= 15 is 0 Å². The molecule has 0 aromatic rings. The minimum absolute atomic E-state index is 0.471. The van der Waals surface area contributed by atoms with Crippen LogP contribution in [0.1, 0.15) is 156 Å². The maximum atomic E-state index is 6.20. The van der Waals surface area contributed by atoms with Crippen molar-refractivity contribution in [1.29, 1.82) is 0 Å². The molecule has 0 aromatic heterocycles. The molecule has 0 amide bonds. The van der Waals surface area contributed by atoms with Gasteiger partial charge in [-0.05, 0) is 12.8 Å². The zero-order valence-electron chi connectivity index (χ0n) is 19.3. The summed E-state index contributed by atoms with van der Waals surface area (Å²) in [7, 11) is 0. The lowest BCUT2D eigenvalue weighted by molar-refractivity contribution is 0.484. The minimum Gasteiger partial charge on any atom is -0.328 e. The number of rotatable bonds is 20. The van der Waals surface area contributed by atoms with Crippen molar-refractivity contribution in [1.82, 2.24) is 0 Å². The van der Waals surface area contributed by atoms with Crippen molar-refractivity contribution < 1.29 is 0 Å². The summed E-state index contributed by atoms with van der Waals surface area (Å²) in [4.78, 5) is 0. The van der Waals surface area contributed by atoms with Gasteiger partial charge in [0.25, 0.3) is 0 Å². The molecule has 0 bridgehead atoms. The van der Waals surface area contributed by atoms with Crippen molar-refractivity contribution in [2.24, 2.45) is 5.73 Å². The number of hydrogen-bond donors (Lipinski definition) is 1. The first-order valence-electron chi connectivity index (χ1n) is 12.6. The maximum absolute atomic E-state index is 6.20. The van der Waals surface area contributed by atoms with Crippen molar-refractivity contribution in [3.05, 3.63) is 0 Å². The molecule has 0 saturated heterocycles. The van der Waals surface area contributed by atoms with Crippen LogP contribution in [0.3, 0.4) is 0 Å². The van der Waals surface area contributed by atoms with Gasteiger partial charge in [0.15, 0.2) is 0 Å². The van der Waals surface area contributed by atoms with Gasteiger partial charge in [0.1, 0.15) is 0 Å². The quantitative estimate of drug-likeness (QED) is 0.213. The van der Waals surface area contributed by atoms with Crippen LogP contribution in [-0.4, -0.2) is 6.04 Å². The Balaban J connectivity index is 0. The number of hydrogen-bond acceptors (Lipinski definition) is 1. The minimum atomic E-state index is 0.471. The first-order chi connectivity index (χ1) is 12.8. The molecule has 2 N–H and O–H groups in total. The van der Waals surface area contributed by atoms with Gasteiger partial charge in [0, 0.05) is 6.04 Å². The van der Waals surface area contributed by atoms with Crippen molar-refractivity contribution in [2.75, 3.05) is 0 Å². The van der Waals surface area contributed by atoms with E-state index in [0.717, 1.165) is 0 Å². The molecule has 0 aromatic carbocycles. The monoisotopic (exact) mass is 369 g/mol. The molecule has 1 nitrogen and oxygen atoms in total. The van der Waals surface area contributed by atoms with Crippen molar-refractivity contribution in [3.8, 4) is 0 Å². The lowest BCUT2D eigenvalue weighted by atomic mass is 10.0. The van der Waals surface area contributed by atoms with E-state index in [-0.39, 0.29) is 0 Å². The Bertz CT molecular complexity index is 214. The molecule has 1 unspecified atom stereocenters. The van der Waals surface area contributed by atoms with E-state index in [1.807, 2.05) is 13.8 Å². The summed E-state index contributed by atoms with van der Waals surface area (Å²) >= 11 is 0. The largest absolute Gasteiger partial charge is 0.328 e. The Kier molecular flexibility index (Phi) is 29.5. The number of unbranched alkanes of at least 4 members (excludes halogenated alkanes) is 16. The van der Waals surface area contributed by atoms with Gasteiger partial charge in [0.05, 0.1) is 0 Å². The third-order valence-electron chi connectivity index (χ3n) is 5.36. The summed E-state index contributed by atoms with van der Waals surface area (Å²) in [6, 6.07) is 0.471. The van der Waals surface area contributed by atoms with E-state index in [0.29, 0.717) is 6.04 Å². The van der Waals surface area contributed by atoms with Crippen molar-refractivity contribution >= 4 is 0 Å². The fourth-order valence-electron chi connectivity index (χ4n) is 3.58. The van der Waals surface area contributed by atoms with Crippen LogP contribution >= 0.6 is 0 Å². The lowest BCUT2D eigenvalue weighted by Gasteiger charge is -2.11. The molecular formula is C25H55N. The van der Waals surface area contributed by atoms with Gasteiger partial charge in [0.2, 0.25) is 0 Å². The van der Waals surface area contributed by atoms with E-state index < -0.39 is 0 Å². The molecule has 0 spiro atoms. The predicted molar refractivity (Wildman–Crippen MR) is 123 cm³/mol. The predicted octanol–water partition coefficient (Wildman–Crippen LogP) is 9.18. The second kappa shape index (κ2) is 27.2. The van der Waals surface area contributed by atoms with Gasteiger partial charge >= 0.3 is 0 Å². The van der Waals surface area contributed by atoms with Crippen molar-refractivity contribution in [2.45, 2.75) is 162 Å². The van der Waals surface area contributed by atoms with E-state index in [1.165, 1.54) is 128 Å². The normalized spacial score (nSPS) is 11.9. The summed E-state index contributed by atoms with van der Waals surface area (Å²) in [6.45, 7) is 8.57. The molecule has 0 radical (unpaired) electrons. The van der Waals surface area contributed by atoms with Gasteiger partial charge < -0.3 is 5.73 Å². The first kappa shape index (κ1) is 28.2. The third-order valence-corrected chi connectivity index (χ3v) is 5.36. The zero-order valence-corrected chi connectivity index (χ0v) is 19.3. The average molecular weight is 370 g/mol. The molecule has 26 heavy (non-hydrogen) atoms. The summed E-state index contributed by atoms with van der Waals surface area (Å²) < 4.78 is 0. The van der Waals surface area contributed by atoms with E-state index in [9.17, 15) is 0 Å².